The fourth-order valence-electron chi connectivity index (χ4n) is 1.43. The average molecular weight is 267 g/mol. The summed E-state index contributed by atoms with van der Waals surface area (Å²) in [6, 6.07) is 8.79. The van der Waals surface area contributed by atoms with Crippen LogP contribution in [0.3, 0.4) is 0 Å². The van der Waals surface area contributed by atoms with Gasteiger partial charge in [0.1, 0.15) is 5.75 Å². The molecule has 0 aliphatic rings. The molecule has 0 fully saturated rings. The average Bonchev–Trinajstić information content (AvgIpc) is 2.74. The van der Waals surface area contributed by atoms with Crippen molar-refractivity contribution in [1.82, 2.24) is 0 Å². The Bertz CT molecular complexity index is 516. The summed E-state index contributed by atoms with van der Waals surface area (Å²) in [5.41, 5.74) is 0.740. The van der Waals surface area contributed by atoms with Gasteiger partial charge in [-0.3, -0.25) is 4.79 Å². The van der Waals surface area contributed by atoms with Crippen molar-refractivity contribution in [3.8, 4) is 5.75 Å². The second-order valence-corrected chi connectivity index (χ2v) is 5.11. The number of carbonyl (C=O) groups is 1. The molecule has 1 heterocycles. The fraction of sp³-hybridized carbons (Fsp3) is 0.154. The number of hydrogen-bond donors (Lipinski definition) is 0. The maximum atomic E-state index is 11.8. The zero-order valence-electron chi connectivity index (χ0n) is 9.27. The van der Waals surface area contributed by atoms with E-state index < -0.39 is 0 Å². The fourth-order valence-corrected chi connectivity index (χ4v) is 2.27. The molecule has 0 aliphatic carbocycles. The number of hydrogen-bond acceptors (Lipinski definition) is 3. The van der Waals surface area contributed by atoms with Gasteiger partial charge in [0.2, 0.25) is 5.78 Å². The van der Waals surface area contributed by atoms with Crippen LogP contribution in [0.15, 0.2) is 35.7 Å². The van der Waals surface area contributed by atoms with Gasteiger partial charge in [-0.15, -0.1) is 11.3 Å². The van der Waals surface area contributed by atoms with Gasteiger partial charge >= 0.3 is 0 Å². The molecular formula is C13H11ClO2S. The summed E-state index contributed by atoms with van der Waals surface area (Å²) in [5, 5.41) is 2.56. The lowest BCUT2D eigenvalue weighted by Crippen LogP contribution is -2.11. The van der Waals surface area contributed by atoms with E-state index in [1.54, 1.807) is 35.6 Å². The minimum Gasteiger partial charge on any atom is -0.485 e. The summed E-state index contributed by atoms with van der Waals surface area (Å²) in [4.78, 5) is 12.8. The molecular weight excluding hydrogens is 256 g/mol. The van der Waals surface area contributed by atoms with Crippen LogP contribution in [0.4, 0.5) is 0 Å². The summed E-state index contributed by atoms with van der Waals surface area (Å²) in [6.07, 6.45) is 0. The van der Waals surface area contributed by atoms with E-state index in [4.69, 9.17) is 16.3 Å². The molecule has 2 aromatic rings. The van der Waals surface area contributed by atoms with Crippen molar-refractivity contribution in [2.24, 2.45) is 0 Å². The molecule has 0 bridgehead atoms. The van der Waals surface area contributed by atoms with Gasteiger partial charge < -0.3 is 4.74 Å². The molecule has 1 aromatic heterocycles. The summed E-state index contributed by atoms with van der Waals surface area (Å²) in [5.74, 6) is 0.648. The van der Waals surface area contributed by atoms with E-state index in [9.17, 15) is 4.79 Å². The van der Waals surface area contributed by atoms with Crippen molar-refractivity contribution in [1.29, 1.82) is 0 Å². The number of ether oxygens (including phenoxy) is 1. The summed E-state index contributed by atoms with van der Waals surface area (Å²) in [7, 11) is 0. The maximum Gasteiger partial charge on any atom is 0.201 e. The molecule has 88 valence electrons. The molecule has 2 rings (SSSR count). The number of ketones is 1. The number of Topliss-reactive ketones (excluding diaryl/α,β-unsaturated/α-hetero) is 1. The van der Waals surface area contributed by atoms with E-state index in [0.29, 0.717) is 10.8 Å². The molecule has 0 unspecified atom stereocenters. The third-order valence-corrected chi connectivity index (χ3v) is 3.44. The Balaban J connectivity index is 1.97. The zero-order chi connectivity index (χ0) is 12.3. The smallest absolute Gasteiger partial charge is 0.201 e. The lowest BCUT2D eigenvalue weighted by atomic mass is 10.2. The molecule has 1 aromatic carbocycles. The van der Waals surface area contributed by atoms with E-state index in [0.717, 1.165) is 10.4 Å². The molecule has 0 radical (unpaired) electrons. The first-order chi connectivity index (χ1) is 8.16. The topological polar surface area (TPSA) is 26.3 Å². The first-order valence-electron chi connectivity index (χ1n) is 5.12. The summed E-state index contributed by atoms with van der Waals surface area (Å²) < 4.78 is 5.40. The minimum atomic E-state index is -0.00120. The standard InChI is InChI=1S/C13H11ClO2S/c1-9-12(6-7-17-9)13(15)8-16-11-4-2-10(14)3-5-11/h2-7H,8H2,1H3. The highest BCUT2D eigenvalue weighted by atomic mass is 35.5. The van der Waals surface area contributed by atoms with Gasteiger partial charge in [0.15, 0.2) is 6.61 Å². The van der Waals surface area contributed by atoms with Gasteiger partial charge in [-0.05, 0) is 42.6 Å². The van der Waals surface area contributed by atoms with Crippen LogP contribution >= 0.6 is 22.9 Å². The van der Waals surface area contributed by atoms with E-state index in [-0.39, 0.29) is 12.4 Å². The van der Waals surface area contributed by atoms with Crippen molar-refractivity contribution in [3.63, 3.8) is 0 Å². The number of halogens is 1. The minimum absolute atomic E-state index is 0.00120. The van der Waals surface area contributed by atoms with Gasteiger partial charge in [0.05, 0.1) is 0 Å². The van der Waals surface area contributed by atoms with Crippen LogP contribution in [0.2, 0.25) is 5.02 Å². The van der Waals surface area contributed by atoms with Crippen molar-refractivity contribution in [3.05, 3.63) is 51.2 Å². The number of benzene rings is 1. The molecule has 0 aliphatic heterocycles. The number of aryl methyl sites for hydroxylation is 1. The van der Waals surface area contributed by atoms with Crippen molar-refractivity contribution < 1.29 is 9.53 Å². The van der Waals surface area contributed by atoms with Crippen LogP contribution in [0.25, 0.3) is 0 Å². The third-order valence-electron chi connectivity index (χ3n) is 2.34. The molecule has 0 saturated carbocycles. The van der Waals surface area contributed by atoms with E-state index in [1.807, 2.05) is 18.4 Å². The third kappa shape index (κ3) is 3.08. The number of rotatable bonds is 4. The Morgan fingerprint density at radius 1 is 1.29 bits per heavy atom. The molecule has 0 spiro atoms. The van der Waals surface area contributed by atoms with Crippen LogP contribution in [0, 0.1) is 6.92 Å². The Morgan fingerprint density at radius 3 is 2.59 bits per heavy atom. The van der Waals surface area contributed by atoms with Crippen molar-refractivity contribution >= 4 is 28.7 Å². The molecule has 0 amide bonds. The van der Waals surface area contributed by atoms with Crippen LogP contribution in [0.5, 0.6) is 5.75 Å². The lowest BCUT2D eigenvalue weighted by molar-refractivity contribution is 0.0921. The Hall–Kier alpha value is -1.32. The molecule has 17 heavy (non-hydrogen) atoms. The summed E-state index contributed by atoms with van der Waals surface area (Å²) >= 11 is 7.32. The largest absolute Gasteiger partial charge is 0.485 e. The predicted molar refractivity (Wildman–Crippen MR) is 70.3 cm³/mol. The maximum absolute atomic E-state index is 11.8. The molecule has 0 N–H and O–H groups in total. The van der Waals surface area contributed by atoms with Gasteiger partial charge in [-0.1, -0.05) is 11.6 Å². The Morgan fingerprint density at radius 2 is 2.00 bits per heavy atom. The monoisotopic (exact) mass is 266 g/mol. The van der Waals surface area contributed by atoms with E-state index in [2.05, 4.69) is 0 Å². The number of carbonyl (C=O) groups excluding carboxylic acids is 1. The molecule has 0 saturated heterocycles. The van der Waals surface area contributed by atoms with Crippen LogP contribution in [-0.4, -0.2) is 12.4 Å². The number of thiophene rings is 1. The first-order valence-corrected chi connectivity index (χ1v) is 6.38. The van der Waals surface area contributed by atoms with Crippen LogP contribution in [-0.2, 0) is 0 Å². The van der Waals surface area contributed by atoms with E-state index >= 15 is 0 Å². The van der Waals surface area contributed by atoms with Crippen molar-refractivity contribution in [2.45, 2.75) is 6.92 Å². The van der Waals surface area contributed by atoms with E-state index in [1.165, 1.54) is 0 Å². The van der Waals surface area contributed by atoms with Gasteiger partial charge in [-0.2, -0.15) is 0 Å². The van der Waals surface area contributed by atoms with Gasteiger partial charge in [0.25, 0.3) is 0 Å². The highest BCUT2D eigenvalue weighted by Crippen LogP contribution is 2.18. The quantitative estimate of drug-likeness (QED) is 0.783. The SMILES string of the molecule is Cc1sccc1C(=O)COc1ccc(Cl)cc1. The molecule has 2 nitrogen and oxygen atoms in total. The highest BCUT2D eigenvalue weighted by molar-refractivity contribution is 7.10. The van der Waals surface area contributed by atoms with Gasteiger partial charge in [0, 0.05) is 15.5 Å². The predicted octanol–water partition coefficient (Wildman–Crippen LogP) is 3.97. The normalized spacial score (nSPS) is 10.2. The van der Waals surface area contributed by atoms with Gasteiger partial charge in [-0.25, -0.2) is 0 Å². The second kappa shape index (κ2) is 5.34. The first kappa shape index (κ1) is 12.1. The second-order valence-electron chi connectivity index (χ2n) is 3.56. The lowest BCUT2D eigenvalue weighted by Gasteiger charge is -2.05. The zero-order valence-corrected chi connectivity index (χ0v) is 10.8. The Kier molecular flexibility index (Phi) is 3.82. The summed E-state index contributed by atoms with van der Waals surface area (Å²) in [6.45, 7) is 1.99. The van der Waals surface area contributed by atoms with Crippen LogP contribution < -0.4 is 4.74 Å². The highest BCUT2D eigenvalue weighted by Gasteiger charge is 2.10. The molecule has 0 atom stereocenters. The Labute approximate surface area is 109 Å². The van der Waals surface area contributed by atoms with Crippen LogP contribution in [0.1, 0.15) is 15.2 Å². The molecule has 4 heteroatoms. The van der Waals surface area contributed by atoms with Crippen molar-refractivity contribution in [2.75, 3.05) is 6.61 Å².